The van der Waals surface area contributed by atoms with Gasteiger partial charge in [0.15, 0.2) is 10.8 Å². The van der Waals surface area contributed by atoms with Crippen molar-refractivity contribution < 1.29 is 4.79 Å². The molecule has 6 heteroatoms. The Hall–Kier alpha value is -2.08. The Balaban J connectivity index is 2.06. The monoisotopic (exact) mass is 356 g/mol. The Morgan fingerprint density at radius 3 is 2.48 bits per heavy atom. The van der Waals surface area contributed by atoms with E-state index in [1.807, 2.05) is 18.7 Å². The molecule has 0 aliphatic heterocycles. The second-order valence-electron chi connectivity index (χ2n) is 6.34. The number of nitrogens with zero attached hydrogens (tertiary/aromatic N) is 4. The van der Waals surface area contributed by atoms with Crippen molar-refractivity contribution >= 4 is 34.2 Å². The SMILES string of the molecule is CCN(CC)C(=O)CSc1nnc2c(C)cc3cc(C)cc(C)c3n12. The maximum Gasteiger partial charge on any atom is 0.233 e. The lowest BCUT2D eigenvalue weighted by Gasteiger charge is -2.18. The number of carbonyl (C=O) groups is 1. The molecular formula is C19H24N4OS. The summed E-state index contributed by atoms with van der Waals surface area (Å²) < 4.78 is 2.10. The zero-order valence-electron chi connectivity index (χ0n) is 15.5. The number of hydrogen-bond donors (Lipinski definition) is 0. The fourth-order valence-electron chi connectivity index (χ4n) is 3.32. The maximum atomic E-state index is 12.3. The topological polar surface area (TPSA) is 50.5 Å². The standard InChI is InChI=1S/C19H24N4OS/c1-6-22(7-2)16(24)11-25-19-21-20-18-14(5)10-15-9-12(3)8-13(4)17(15)23(18)19/h8-10H,6-7,11H2,1-5H3. The maximum absolute atomic E-state index is 12.3. The summed E-state index contributed by atoms with van der Waals surface area (Å²) in [6.45, 7) is 11.7. The third-order valence-corrected chi connectivity index (χ3v) is 5.41. The van der Waals surface area contributed by atoms with Gasteiger partial charge in [-0.15, -0.1) is 10.2 Å². The van der Waals surface area contributed by atoms with Crippen LogP contribution >= 0.6 is 11.8 Å². The highest BCUT2D eigenvalue weighted by atomic mass is 32.2. The fourth-order valence-corrected chi connectivity index (χ4v) is 4.16. The van der Waals surface area contributed by atoms with E-state index in [-0.39, 0.29) is 5.91 Å². The van der Waals surface area contributed by atoms with Crippen LogP contribution in [0.1, 0.15) is 30.5 Å². The molecular weight excluding hydrogens is 332 g/mol. The minimum Gasteiger partial charge on any atom is -0.343 e. The van der Waals surface area contributed by atoms with Crippen molar-refractivity contribution in [1.29, 1.82) is 0 Å². The van der Waals surface area contributed by atoms with E-state index in [0.717, 1.165) is 35.0 Å². The lowest BCUT2D eigenvalue weighted by Crippen LogP contribution is -2.31. The molecule has 0 fully saturated rings. The minimum atomic E-state index is 0.135. The molecule has 3 rings (SSSR count). The van der Waals surface area contributed by atoms with Gasteiger partial charge in [0, 0.05) is 13.1 Å². The average molecular weight is 356 g/mol. The molecule has 0 saturated heterocycles. The molecule has 3 aromatic rings. The summed E-state index contributed by atoms with van der Waals surface area (Å²) in [6.07, 6.45) is 0. The van der Waals surface area contributed by atoms with Crippen LogP contribution in [0.3, 0.4) is 0 Å². The summed E-state index contributed by atoms with van der Waals surface area (Å²) in [5.74, 6) is 0.513. The number of fused-ring (bicyclic) bond motifs is 3. The zero-order valence-corrected chi connectivity index (χ0v) is 16.3. The Bertz CT molecular complexity index is 944. The van der Waals surface area contributed by atoms with E-state index in [4.69, 9.17) is 0 Å². The van der Waals surface area contributed by atoms with Crippen LogP contribution < -0.4 is 0 Å². The second kappa shape index (κ2) is 7.04. The largest absolute Gasteiger partial charge is 0.343 e. The molecule has 0 N–H and O–H groups in total. The summed E-state index contributed by atoms with van der Waals surface area (Å²) in [5, 5.41) is 10.7. The fraction of sp³-hybridized carbons (Fsp3) is 0.421. The molecule has 0 aliphatic carbocycles. The second-order valence-corrected chi connectivity index (χ2v) is 7.29. The van der Waals surface area contributed by atoms with Gasteiger partial charge in [0.25, 0.3) is 0 Å². The van der Waals surface area contributed by atoms with Gasteiger partial charge >= 0.3 is 0 Å². The van der Waals surface area contributed by atoms with Crippen molar-refractivity contribution in [2.45, 2.75) is 39.8 Å². The van der Waals surface area contributed by atoms with Gasteiger partial charge < -0.3 is 4.90 Å². The van der Waals surface area contributed by atoms with Crippen LogP contribution in [-0.2, 0) is 4.79 Å². The molecule has 0 atom stereocenters. The van der Waals surface area contributed by atoms with Gasteiger partial charge in [0.1, 0.15) is 0 Å². The highest BCUT2D eigenvalue weighted by Crippen LogP contribution is 2.28. The minimum absolute atomic E-state index is 0.135. The van der Waals surface area contributed by atoms with Gasteiger partial charge in [-0.3, -0.25) is 9.20 Å². The first-order valence-corrected chi connectivity index (χ1v) is 9.61. The van der Waals surface area contributed by atoms with Gasteiger partial charge in [-0.25, -0.2) is 0 Å². The zero-order chi connectivity index (χ0) is 18.1. The van der Waals surface area contributed by atoms with E-state index >= 15 is 0 Å². The predicted octanol–water partition coefficient (Wildman–Crippen LogP) is 3.77. The van der Waals surface area contributed by atoms with Crippen molar-refractivity contribution in [3.8, 4) is 0 Å². The van der Waals surface area contributed by atoms with E-state index < -0.39 is 0 Å². The van der Waals surface area contributed by atoms with Crippen LogP contribution in [0.4, 0.5) is 0 Å². The Morgan fingerprint density at radius 2 is 1.80 bits per heavy atom. The first kappa shape index (κ1) is 17.7. The van der Waals surface area contributed by atoms with Gasteiger partial charge in [-0.2, -0.15) is 0 Å². The van der Waals surface area contributed by atoms with Crippen LogP contribution in [0.15, 0.2) is 23.4 Å². The van der Waals surface area contributed by atoms with E-state index in [1.165, 1.54) is 28.3 Å². The van der Waals surface area contributed by atoms with E-state index in [9.17, 15) is 4.79 Å². The van der Waals surface area contributed by atoms with Crippen LogP contribution in [0.5, 0.6) is 0 Å². The molecule has 0 radical (unpaired) electrons. The lowest BCUT2D eigenvalue weighted by molar-refractivity contribution is -0.127. The quantitative estimate of drug-likeness (QED) is 0.653. The lowest BCUT2D eigenvalue weighted by atomic mass is 10.1. The van der Waals surface area contributed by atoms with Gasteiger partial charge in [0.2, 0.25) is 5.91 Å². The highest BCUT2D eigenvalue weighted by molar-refractivity contribution is 7.99. The summed E-state index contributed by atoms with van der Waals surface area (Å²) in [4.78, 5) is 14.2. The average Bonchev–Trinajstić information content (AvgIpc) is 2.98. The molecule has 132 valence electrons. The molecule has 2 aromatic heterocycles. The smallest absolute Gasteiger partial charge is 0.233 e. The highest BCUT2D eigenvalue weighted by Gasteiger charge is 2.16. The first-order chi connectivity index (χ1) is 12.0. The number of benzene rings is 1. The van der Waals surface area contributed by atoms with Crippen LogP contribution in [0.2, 0.25) is 0 Å². The van der Waals surface area contributed by atoms with E-state index in [1.54, 1.807) is 0 Å². The number of aryl methyl sites for hydroxylation is 3. The van der Waals surface area contributed by atoms with Crippen molar-refractivity contribution in [3.63, 3.8) is 0 Å². The first-order valence-electron chi connectivity index (χ1n) is 8.62. The number of hydrogen-bond acceptors (Lipinski definition) is 4. The van der Waals surface area contributed by atoms with E-state index in [2.05, 4.69) is 53.6 Å². The Kier molecular flexibility index (Phi) is 4.99. The van der Waals surface area contributed by atoms with Crippen molar-refractivity contribution in [2.75, 3.05) is 18.8 Å². The van der Waals surface area contributed by atoms with Gasteiger partial charge in [0.05, 0.1) is 11.3 Å². The summed E-state index contributed by atoms with van der Waals surface area (Å²) in [7, 11) is 0. The van der Waals surface area contributed by atoms with Crippen molar-refractivity contribution in [2.24, 2.45) is 0 Å². The molecule has 0 spiro atoms. The summed E-state index contributed by atoms with van der Waals surface area (Å²) in [5.41, 5.74) is 5.50. The Morgan fingerprint density at radius 1 is 1.08 bits per heavy atom. The molecule has 25 heavy (non-hydrogen) atoms. The van der Waals surface area contributed by atoms with Gasteiger partial charge in [-0.05, 0) is 63.3 Å². The molecule has 0 unspecified atom stereocenters. The molecule has 1 aromatic carbocycles. The third kappa shape index (κ3) is 3.23. The molecule has 5 nitrogen and oxygen atoms in total. The molecule has 0 bridgehead atoms. The number of amides is 1. The Labute approximate surface area is 152 Å². The van der Waals surface area contributed by atoms with Crippen LogP contribution in [0.25, 0.3) is 16.6 Å². The summed E-state index contributed by atoms with van der Waals surface area (Å²) in [6, 6.07) is 6.52. The number of aromatic nitrogens is 3. The van der Waals surface area contributed by atoms with Crippen LogP contribution in [-0.4, -0.2) is 44.2 Å². The molecule has 2 heterocycles. The number of pyridine rings is 1. The number of carbonyl (C=O) groups excluding carboxylic acids is 1. The van der Waals surface area contributed by atoms with Crippen molar-refractivity contribution in [3.05, 3.63) is 34.9 Å². The van der Waals surface area contributed by atoms with Crippen molar-refractivity contribution in [1.82, 2.24) is 19.5 Å². The summed E-state index contributed by atoms with van der Waals surface area (Å²) >= 11 is 1.46. The van der Waals surface area contributed by atoms with Crippen LogP contribution in [0, 0.1) is 20.8 Å². The number of thioether (sulfide) groups is 1. The molecule has 0 aliphatic rings. The normalized spacial score (nSPS) is 11.4. The molecule has 1 amide bonds. The molecule has 0 saturated carbocycles. The van der Waals surface area contributed by atoms with Gasteiger partial charge in [-0.1, -0.05) is 23.4 Å². The third-order valence-electron chi connectivity index (χ3n) is 4.50. The predicted molar refractivity (Wildman–Crippen MR) is 103 cm³/mol. The van der Waals surface area contributed by atoms with E-state index in [0.29, 0.717) is 5.75 Å². The number of rotatable bonds is 5.